The van der Waals surface area contributed by atoms with Crippen molar-refractivity contribution in [3.8, 4) is 0 Å². The molecule has 0 unspecified atom stereocenters. The van der Waals surface area contributed by atoms with Crippen LogP contribution in [-0.4, -0.2) is 13.7 Å². The molecule has 0 saturated heterocycles. The molecule has 0 bridgehead atoms. The van der Waals surface area contributed by atoms with E-state index >= 15 is 0 Å². The van der Waals surface area contributed by atoms with E-state index in [4.69, 9.17) is 14.9 Å². The number of furan rings is 1. The Balaban J connectivity index is 2.07. The Hall–Kier alpha value is -0.800. The van der Waals surface area contributed by atoms with Crippen LogP contribution in [-0.2, 0) is 11.3 Å². The van der Waals surface area contributed by atoms with Gasteiger partial charge in [0.2, 0.25) is 0 Å². The van der Waals surface area contributed by atoms with E-state index in [-0.39, 0.29) is 0 Å². The lowest BCUT2D eigenvalue weighted by atomic mass is 10.1. The average molecular weight is 181 g/mol. The zero-order valence-electron chi connectivity index (χ0n) is 7.82. The highest BCUT2D eigenvalue weighted by atomic mass is 16.5. The molecular formula is C10H15NO2. The van der Waals surface area contributed by atoms with Crippen LogP contribution in [0.25, 0.3) is 0 Å². The summed E-state index contributed by atoms with van der Waals surface area (Å²) in [6.45, 7) is 1.40. The number of hydrogen-bond donors (Lipinski definition) is 1. The van der Waals surface area contributed by atoms with E-state index in [2.05, 4.69) is 0 Å². The van der Waals surface area contributed by atoms with Crippen LogP contribution in [0.1, 0.15) is 23.7 Å². The Morgan fingerprint density at radius 1 is 1.69 bits per heavy atom. The highest BCUT2D eigenvalue weighted by Gasteiger charge is 2.40. The van der Waals surface area contributed by atoms with E-state index in [9.17, 15) is 0 Å². The zero-order chi connectivity index (χ0) is 9.26. The summed E-state index contributed by atoms with van der Waals surface area (Å²) in [6.07, 6.45) is 2.90. The second-order valence-electron chi connectivity index (χ2n) is 3.58. The van der Waals surface area contributed by atoms with Gasteiger partial charge in [-0.05, 0) is 24.9 Å². The van der Waals surface area contributed by atoms with Crippen LogP contribution in [0, 0.1) is 5.92 Å². The Morgan fingerprint density at radius 3 is 3.15 bits per heavy atom. The van der Waals surface area contributed by atoms with Gasteiger partial charge in [-0.15, -0.1) is 0 Å². The molecule has 1 fully saturated rings. The van der Waals surface area contributed by atoms with Gasteiger partial charge < -0.3 is 14.9 Å². The monoisotopic (exact) mass is 181 g/mol. The first-order chi connectivity index (χ1) is 6.36. The van der Waals surface area contributed by atoms with Crippen molar-refractivity contribution >= 4 is 0 Å². The number of hydrogen-bond acceptors (Lipinski definition) is 3. The molecule has 1 heterocycles. The summed E-state index contributed by atoms with van der Waals surface area (Å²) < 4.78 is 10.5. The van der Waals surface area contributed by atoms with Crippen molar-refractivity contribution in [1.82, 2.24) is 0 Å². The summed E-state index contributed by atoms with van der Waals surface area (Å²) in [7, 11) is 1.70. The Bertz CT molecular complexity index is 282. The van der Waals surface area contributed by atoms with Crippen molar-refractivity contribution in [3.63, 3.8) is 0 Å². The van der Waals surface area contributed by atoms with Crippen molar-refractivity contribution < 1.29 is 9.15 Å². The van der Waals surface area contributed by atoms with Gasteiger partial charge in [-0.3, -0.25) is 0 Å². The lowest BCUT2D eigenvalue weighted by molar-refractivity contribution is 0.183. The molecule has 1 aliphatic carbocycles. The van der Waals surface area contributed by atoms with Crippen molar-refractivity contribution in [3.05, 3.63) is 23.7 Å². The SMILES string of the molecule is COCc1ccoc1[C@@H]1C[C@H]1CN. The Kier molecular flexibility index (Phi) is 2.38. The van der Waals surface area contributed by atoms with Crippen LogP contribution in [0.5, 0.6) is 0 Å². The van der Waals surface area contributed by atoms with E-state index in [1.54, 1.807) is 13.4 Å². The minimum Gasteiger partial charge on any atom is -0.469 e. The predicted octanol–water partition coefficient (Wildman–Crippen LogP) is 1.49. The van der Waals surface area contributed by atoms with Crippen LogP contribution < -0.4 is 5.73 Å². The topological polar surface area (TPSA) is 48.4 Å². The molecule has 3 nitrogen and oxygen atoms in total. The molecule has 1 aliphatic rings. The van der Waals surface area contributed by atoms with Gasteiger partial charge in [0.05, 0.1) is 12.9 Å². The largest absolute Gasteiger partial charge is 0.469 e. The maximum Gasteiger partial charge on any atom is 0.112 e. The minimum atomic E-state index is 0.546. The third-order valence-electron chi connectivity index (χ3n) is 2.64. The van der Waals surface area contributed by atoms with Crippen LogP contribution in [0.4, 0.5) is 0 Å². The molecule has 2 rings (SSSR count). The lowest BCUT2D eigenvalue weighted by Crippen LogP contribution is -2.02. The van der Waals surface area contributed by atoms with Crippen LogP contribution in [0.15, 0.2) is 16.7 Å². The first kappa shape index (κ1) is 8.78. The fraction of sp³-hybridized carbons (Fsp3) is 0.600. The smallest absolute Gasteiger partial charge is 0.112 e. The number of rotatable bonds is 4. The molecule has 0 spiro atoms. The number of nitrogens with two attached hydrogens (primary N) is 1. The summed E-state index contributed by atoms with van der Waals surface area (Å²) >= 11 is 0. The van der Waals surface area contributed by atoms with Gasteiger partial charge in [0.15, 0.2) is 0 Å². The third-order valence-corrected chi connectivity index (χ3v) is 2.64. The minimum absolute atomic E-state index is 0.546. The van der Waals surface area contributed by atoms with E-state index in [1.165, 1.54) is 12.0 Å². The second-order valence-corrected chi connectivity index (χ2v) is 3.58. The van der Waals surface area contributed by atoms with Gasteiger partial charge in [0, 0.05) is 18.6 Å². The van der Waals surface area contributed by atoms with E-state index in [0.29, 0.717) is 18.4 Å². The maximum atomic E-state index is 5.58. The molecule has 1 saturated carbocycles. The van der Waals surface area contributed by atoms with Gasteiger partial charge in [0.25, 0.3) is 0 Å². The van der Waals surface area contributed by atoms with Crippen LogP contribution in [0.2, 0.25) is 0 Å². The van der Waals surface area contributed by atoms with Crippen molar-refractivity contribution in [1.29, 1.82) is 0 Å². The van der Waals surface area contributed by atoms with Crippen molar-refractivity contribution in [2.24, 2.45) is 11.7 Å². The quantitative estimate of drug-likeness (QED) is 0.765. The second kappa shape index (κ2) is 3.52. The van der Waals surface area contributed by atoms with Gasteiger partial charge >= 0.3 is 0 Å². The maximum absolute atomic E-state index is 5.58. The standard InChI is InChI=1S/C10H15NO2/c1-12-6-7-2-3-13-10(7)9-4-8(9)5-11/h2-3,8-9H,4-6,11H2,1H3/t8-,9+/m0/s1. The molecule has 13 heavy (non-hydrogen) atoms. The molecule has 2 atom stereocenters. The molecule has 0 amide bonds. The first-order valence-electron chi connectivity index (χ1n) is 4.62. The third kappa shape index (κ3) is 1.62. The van der Waals surface area contributed by atoms with Crippen LogP contribution in [0.3, 0.4) is 0 Å². The molecule has 72 valence electrons. The molecular weight excluding hydrogens is 166 g/mol. The fourth-order valence-electron chi connectivity index (χ4n) is 1.78. The Morgan fingerprint density at radius 2 is 2.54 bits per heavy atom. The summed E-state index contributed by atoms with van der Waals surface area (Å²) in [6, 6.07) is 1.98. The van der Waals surface area contributed by atoms with E-state index < -0.39 is 0 Å². The van der Waals surface area contributed by atoms with E-state index in [0.717, 1.165) is 12.3 Å². The molecule has 1 aromatic heterocycles. The van der Waals surface area contributed by atoms with Gasteiger partial charge in [-0.1, -0.05) is 0 Å². The lowest BCUT2D eigenvalue weighted by Gasteiger charge is -1.99. The summed E-state index contributed by atoms with van der Waals surface area (Å²) in [5, 5.41) is 0. The molecule has 0 aromatic carbocycles. The Labute approximate surface area is 77.9 Å². The zero-order valence-corrected chi connectivity index (χ0v) is 7.82. The first-order valence-corrected chi connectivity index (χ1v) is 4.62. The molecule has 3 heteroatoms. The average Bonchev–Trinajstić information content (AvgIpc) is 2.79. The van der Waals surface area contributed by atoms with Crippen LogP contribution >= 0.6 is 0 Å². The molecule has 0 aliphatic heterocycles. The van der Waals surface area contributed by atoms with Gasteiger partial charge in [-0.2, -0.15) is 0 Å². The molecule has 2 N–H and O–H groups in total. The number of ether oxygens (including phenoxy) is 1. The van der Waals surface area contributed by atoms with Gasteiger partial charge in [-0.25, -0.2) is 0 Å². The van der Waals surface area contributed by atoms with E-state index in [1.807, 2.05) is 6.07 Å². The van der Waals surface area contributed by atoms with Crippen molar-refractivity contribution in [2.45, 2.75) is 18.9 Å². The van der Waals surface area contributed by atoms with Gasteiger partial charge in [0.1, 0.15) is 5.76 Å². The summed E-state index contributed by atoms with van der Waals surface area (Å²) in [4.78, 5) is 0. The predicted molar refractivity (Wildman–Crippen MR) is 49.3 cm³/mol. The highest BCUT2D eigenvalue weighted by molar-refractivity contribution is 5.25. The summed E-state index contributed by atoms with van der Waals surface area (Å²) in [5.74, 6) is 2.25. The number of methoxy groups -OCH3 is 1. The normalized spacial score (nSPS) is 26.3. The van der Waals surface area contributed by atoms with Crippen molar-refractivity contribution in [2.75, 3.05) is 13.7 Å². The molecule has 1 aromatic rings. The summed E-state index contributed by atoms with van der Waals surface area (Å²) in [5.41, 5.74) is 6.75. The fourth-order valence-corrected chi connectivity index (χ4v) is 1.78. The molecule has 0 radical (unpaired) electrons. The highest BCUT2D eigenvalue weighted by Crippen LogP contribution is 2.48.